The Bertz CT molecular complexity index is 517. The van der Waals surface area contributed by atoms with Crippen molar-refractivity contribution in [2.45, 2.75) is 52.2 Å². The molecule has 3 heteroatoms. The molecule has 0 spiro atoms. The predicted molar refractivity (Wildman–Crippen MR) is 80.6 cm³/mol. The average Bonchev–Trinajstić information content (AvgIpc) is 2.49. The van der Waals surface area contributed by atoms with Crippen LogP contribution in [0.4, 0.5) is 0 Å². The van der Waals surface area contributed by atoms with Crippen LogP contribution in [0.1, 0.15) is 50.0 Å². The number of ketones is 1. The van der Waals surface area contributed by atoms with Crippen molar-refractivity contribution in [1.82, 2.24) is 0 Å². The first-order valence-corrected chi connectivity index (χ1v) is 7.42. The van der Waals surface area contributed by atoms with Crippen molar-refractivity contribution >= 4 is 21.7 Å². The highest BCUT2D eigenvalue weighted by atomic mass is 79.9. The van der Waals surface area contributed by atoms with Crippen molar-refractivity contribution in [3.8, 4) is 0 Å². The summed E-state index contributed by atoms with van der Waals surface area (Å²) in [7, 11) is 0. The summed E-state index contributed by atoms with van der Waals surface area (Å²) in [4.78, 5) is 12.7. The van der Waals surface area contributed by atoms with Gasteiger partial charge < -0.3 is 4.74 Å². The van der Waals surface area contributed by atoms with Gasteiger partial charge in [-0.3, -0.25) is 4.79 Å². The summed E-state index contributed by atoms with van der Waals surface area (Å²) in [5, 5.41) is 0. The van der Waals surface area contributed by atoms with E-state index in [1.54, 1.807) is 0 Å². The van der Waals surface area contributed by atoms with Gasteiger partial charge in [0.05, 0.1) is 17.1 Å². The Balaban J connectivity index is 2.31. The fourth-order valence-corrected chi connectivity index (χ4v) is 3.30. The molecule has 2 nitrogen and oxygen atoms in total. The van der Waals surface area contributed by atoms with Crippen LogP contribution in [0.25, 0.3) is 0 Å². The Morgan fingerprint density at radius 1 is 1.32 bits per heavy atom. The Morgan fingerprint density at radius 3 is 2.42 bits per heavy atom. The number of hydrogen-bond acceptors (Lipinski definition) is 2. The fraction of sp³-hybridized carbons (Fsp3) is 0.562. The highest BCUT2D eigenvalue weighted by Gasteiger charge is 2.49. The minimum atomic E-state index is -0.405. The SMILES string of the molecule is Cc1ccc(C(=O)C2CC(C)(C)OC2(C)C)cc1Br. The summed E-state index contributed by atoms with van der Waals surface area (Å²) in [5.41, 5.74) is 1.26. The lowest BCUT2D eigenvalue weighted by molar-refractivity contribution is -0.0712. The van der Waals surface area contributed by atoms with Crippen LogP contribution in [0.5, 0.6) is 0 Å². The van der Waals surface area contributed by atoms with Crippen LogP contribution in [0.15, 0.2) is 22.7 Å². The predicted octanol–water partition coefficient (Wildman–Crippen LogP) is 4.53. The molecule has 104 valence electrons. The fourth-order valence-electron chi connectivity index (χ4n) is 2.92. The van der Waals surface area contributed by atoms with E-state index in [1.165, 1.54) is 0 Å². The monoisotopic (exact) mass is 324 g/mol. The highest BCUT2D eigenvalue weighted by molar-refractivity contribution is 9.10. The molecule has 1 fully saturated rings. The first-order valence-electron chi connectivity index (χ1n) is 6.63. The number of ether oxygens (including phenoxy) is 1. The molecule has 1 aliphatic rings. The van der Waals surface area contributed by atoms with Gasteiger partial charge in [0, 0.05) is 10.0 Å². The molecule has 1 heterocycles. The summed E-state index contributed by atoms with van der Waals surface area (Å²) in [5.74, 6) is 0.0911. The maximum atomic E-state index is 12.7. The molecule has 0 N–H and O–H groups in total. The summed E-state index contributed by atoms with van der Waals surface area (Å²) in [6, 6.07) is 5.80. The smallest absolute Gasteiger partial charge is 0.168 e. The van der Waals surface area contributed by atoms with Gasteiger partial charge in [-0.05, 0) is 52.7 Å². The van der Waals surface area contributed by atoms with Gasteiger partial charge in [-0.25, -0.2) is 0 Å². The molecule has 19 heavy (non-hydrogen) atoms. The first kappa shape index (κ1) is 14.7. The molecule has 0 aromatic heterocycles. The van der Waals surface area contributed by atoms with Gasteiger partial charge >= 0.3 is 0 Å². The van der Waals surface area contributed by atoms with E-state index >= 15 is 0 Å². The van der Waals surface area contributed by atoms with Gasteiger partial charge in [0.1, 0.15) is 0 Å². The molecule has 1 atom stereocenters. The third kappa shape index (κ3) is 2.92. The maximum absolute atomic E-state index is 12.7. The Labute approximate surface area is 123 Å². The van der Waals surface area contributed by atoms with Crippen molar-refractivity contribution in [3.05, 3.63) is 33.8 Å². The van der Waals surface area contributed by atoms with Crippen molar-refractivity contribution in [2.75, 3.05) is 0 Å². The first-order chi connectivity index (χ1) is 8.62. The molecular formula is C16H21BrO2. The number of Topliss-reactive ketones (excluding diaryl/α,β-unsaturated/α-hetero) is 1. The molecular weight excluding hydrogens is 304 g/mol. The van der Waals surface area contributed by atoms with Crippen LogP contribution in [0, 0.1) is 12.8 Å². The van der Waals surface area contributed by atoms with Gasteiger partial charge in [-0.2, -0.15) is 0 Å². The van der Waals surface area contributed by atoms with Crippen LogP contribution >= 0.6 is 15.9 Å². The van der Waals surface area contributed by atoms with Gasteiger partial charge in [-0.1, -0.05) is 28.1 Å². The standard InChI is InChI=1S/C16H21BrO2/c1-10-6-7-11(8-13(10)17)14(18)12-9-15(2,3)19-16(12,4)5/h6-8,12H,9H2,1-5H3. The third-order valence-corrected chi connectivity index (χ3v) is 4.70. The molecule has 0 radical (unpaired) electrons. The molecule has 1 aromatic carbocycles. The minimum absolute atomic E-state index is 0.0860. The second kappa shape index (κ2) is 4.71. The molecule has 0 saturated carbocycles. The second-order valence-electron chi connectivity index (χ2n) is 6.55. The third-order valence-electron chi connectivity index (χ3n) is 3.85. The number of rotatable bonds is 2. The number of halogens is 1. The van der Waals surface area contributed by atoms with E-state index < -0.39 is 5.60 Å². The molecule has 0 bridgehead atoms. The zero-order chi connectivity index (χ0) is 14.4. The number of carbonyl (C=O) groups is 1. The van der Waals surface area contributed by atoms with Crippen LogP contribution in [0.3, 0.4) is 0 Å². The summed E-state index contributed by atoms with van der Waals surface area (Å²) >= 11 is 3.49. The minimum Gasteiger partial charge on any atom is -0.369 e. The van der Waals surface area contributed by atoms with Crippen LogP contribution in [-0.4, -0.2) is 17.0 Å². The number of hydrogen-bond donors (Lipinski definition) is 0. The molecule has 1 unspecified atom stereocenters. The topological polar surface area (TPSA) is 26.3 Å². The van der Waals surface area contributed by atoms with Gasteiger partial charge in [0.25, 0.3) is 0 Å². The summed E-state index contributed by atoms with van der Waals surface area (Å²) in [6.07, 6.45) is 0.768. The van der Waals surface area contributed by atoms with Gasteiger partial charge in [0.2, 0.25) is 0 Å². The van der Waals surface area contributed by atoms with E-state index in [-0.39, 0.29) is 17.3 Å². The normalized spacial score (nSPS) is 24.4. The lowest BCUT2D eigenvalue weighted by Crippen LogP contribution is -2.33. The van der Waals surface area contributed by atoms with Crippen LogP contribution < -0.4 is 0 Å². The van der Waals surface area contributed by atoms with Crippen LogP contribution in [-0.2, 0) is 4.74 Å². The molecule has 0 aliphatic carbocycles. The second-order valence-corrected chi connectivity index (χ2v) is 7.40. The highest BCUT2D eigenvalue weighted by Crippen LogP contribution is 2.43. The van der Waals surface area contributed by atoms with Crippen molar-refractivity contribution in [2.24, 2.45) is 5.92 Å². The number of aryl methyl sites for hydroxylation is 1. The molecule has 1 aliphatic heterocycles. The zero-order valence-corrected chi connectivity index (χ0v) is 13.8. The molecule has 1 aromatic rings. The van der Waals surface area contributed by atoms with Crippen molar-refractivity contribution in [1.29, 1.82) is 0 Å². The van der Waals surface area contributed by atoms with Crippen LogP contribution in [0.2, 0.25) is 0 Å². The van der Waals surface area contributed by atoms with E-state index in [2.05, 4.69) is 15.9 Å². The molecule has 1 saturated heterocycles. The van der Waals surface area contributed by atoms with Crippen molar-refractivity contribution in [3.63, 3.8) is 0 Å². The summed E-state index contributed by atoms with van der Waals surface area (Å²) in [6.45, 7) is 10.1. The average molecular weight is 325 g/mol. The molecule has 2 rings (SSSR count). The lowest BCUT2D eigenvalue weighted by Gasteiger charge is -2.26. The Kier molecular flexibility index (Phi) is 3.65. The lowest BCUT2D eigenvalue weighted by atomic mass is 9.81. The quantitative estimate of drug-likeness (QED) is 0.747. The van der Waals surface area contributed by atoms with E-state index in [1.807, 2.05) is 52.8 Å². The maximum Gasteiger partial charge on any atom is 0.168 e. The van der Waals surface area contributed by atoms with E-state index in [0.717, 1.165) is 22.0 Å². The zero-order valence-electron chi connectivity index (χ0n) is 12.2. The number of benzene rings is 1. The molecule has 0 amide bonds. The van der Waals surface area contributed by atoms with E-state index in [0.29, 0.717) is 0 Å². The summed E-state index contributed by atoms with van der Waals surface area (Å²) < 4.78 is 6.99. The largest absolute Gasteiger partial charge is 0.369 e. The van der Waals surface area contributed by atoms with Gasteiger partial charge in [-0.15, -0.1) is 0 Å². The Morgan fingerprint density at radius 2 is 1.95 bits per heavy atom. The van der Waals surface area contributed by atoms with E-state index in [4.69, 9.17) is 4.74 Å². The van der Waals surface area contributed by atoms with Gasteiger partial charge in [0.15, 0.2) is 5.78 Å². The van der Waals surface area contributed by atoms with E-state index in [9.17, 15) is 4.79 Å². The van der Waals surface area contributed by atoms with Crippen molar-refractivity contribution < 1.29 is 9.53 Å². The Hall–Kier alpha value is -0.670. The number of carbonyl (C=O) groups excluding carboxylic acids is 1.